The van der Waals surface area contributed by atoms with Gasteiger partial charge in [-0.25, -0.2) is 0 Å². The van der Waals surface area contributed by atoms with Crippen molar-refractivity contribution in [1.82, 2.24) is 0 Å². The molecule has 0 N–H and O–H groups in total. The summed E-state index contributed by atoms with van der Waals surface area (Å²) in [7, 11) is 0. The lowest BCUT2D eigenvalue weighted by Crippen LogP contribution is -2.10. The van der Waals surface area contributed by atoms with Crippen LogP contribution in [0.25, 0.3) is 76.5 Å². The second kappa shape index (κ2) is 11.5. The fraction of sp³-hybridized carbons (Fsp3) is 0. The van der Waals surface area contributed by atoms with Gasteiger partial charge in [0.05, 0.1) is 5.69 Å². The molecule has 50 heavy (non-hydrogen) atoms. The minimum Gasteiger partial charge on any atom is -0.456 e. The van der Waals surface area contributed by atoms with Crippen LogP contribution in [0.4, 0.5) is 17.1 Å². The molecular weight excluding hydrogens is 607 g/mol. The van der Waals surface area contributed by atoms with E-state index in [4.69, 9.17) is 4.42 Å². The van der Waals surface area contributed by atoms with Crippen LogP contribution in [0.3, 0.4) is 0 Å². The van der Waals surface area contributed by atoms with E-state index in [0.717, 1.165) is 33.6 Å². The molecule has 2 heteroatoms. The maximum Gasteiger partial charge on any atom is 0.136 e. The van der Waals surface area contributed by atoms with Gasteiger partial charge < -0.3 is 9.32 Å². The maximum atomic E-state index is 6.16. The number of para-hydroxylation sites is 1. The van der Waals surface area contributed by atoms with Crippen LogP contribution in [0.15, 0.2) is 192 Å². The van der Waals surface area contributed by atoms with Crippen LogP contribution in [0.5, 0.6) is 0 Å². The third-order valence-corrected chi connectivity index (χ3v) is 10.0. The molecule has 0 spiro atoms. The average Bonchev–Trinajstić information content (AvgIpc) is 3.58. The Morgan fingerprint density at radius 1 is 0.320 bits per heavy atom. The third-order valence-electron chi connectivity index (χ3n) is 10.0. The fourth-order valence-corrected chi connectivity index (χ4v) is 7.64. The molecule has 0 aliphatic carbocycles. The Kier molecular flexibility index (Phi) is 6.53. The quantitative estimate of drug-likeness (QED) is 0.175. The molecule has 10 rings (SSSR count). The predicted molar refractivity (Wildman–Crippen MR) is 212 cm³/mol. The molecule has 0 saturated carbocycles. The molecule has 0 aliphatic heterocycles. The average molecular weight is 638 g/mol. The zero-order valence-corrected chi connectivity index (χ0v) is 27.3. The van der Waals surface area contributed by atoms with E-state index in [-0.39, 0.29) is 0 Å². The molecule has 9 aromatic carbocycles. The number of fused-ring (bicyclic) bond motifs is 8. The molecule has 234 valence electrons. The van der Waals surface area contributed by atoms with Crippen molar-refractivity contribution < 1.29 is 4.42 Å². The Hall–Kier alpha value is -6.64. The number of anilines is 3. The van der Waals surface area contributed by atoms with Crippen LogP contribution in [0.1, 0.15) is 0 Å². The summed E-state index contributed by atoms with van der Waals surface area (Å²) in [5.41, 5.74) is 9.96. The monoisotopic (exact) mass is 637 g/mol. The number of hydrogen-bond acceptors (Lipinski definition) is 2. The van der Waals surface area contributed by atoms with E-state index in [0.29, 0.717) is 0 Å². The summed E-state index contributed by atoms with van der Waals surface area (Å²) in [5.74, 6) is 0. The summed E-state index contributed by atoms with van der Waals surface area (Å²) < 4.78 is 6.16. The van der Waals surface area contributed by atoms with Crippen LogP contribution in [-0.4, -0.2) is 0 Å². The summed E-state index contributed by atoms with van der Waals surface area (Å²) in [6.07, 6.45) is 0. The number of furan rings is 1. The smallest absolute Gasteiger partial charge is 0.136 e. The third kappa shape index (κ3) is 4.65. The van der Waals surface area contributed by atoms with Crippen LogP contribution < -0.4 is 4.90 Å². The molecule has 0 amide bonds. The lowest BCUT2D eigenvalue weighted by molar-refractivity contribution is 0.669. The van der Waals surface area contributed by atoms with E-state index in [1.165, 1.54) is 60.0 Å². The Morgan fingerprint density at radius 3 is 1.82 bits per heavy atom. The lowest BCUT2D eigenvalue weighted by atomic mass is 9.97. The molecule has 1 aromatic heterocycles. The van der Waals surface area contributed by atoms with E-state index in [9.17, 15) is 0 Å². The normalized spacial score (nSPS) is 11.6. The van der Waals surface area contributed by atoms with Gasteiger partial charge in [0.25, 0.3) is 0 Å². The molecule has 2 nitrogen and oxygen atoms in total. The first-order valence-corrected chi connectivity index (χ1v) is 17.1. The molecule has 1 heterocycles. The van der Waals surface area contributed by atoms with Gasteiger partial charge in [-0.3, -0.25) is 0 Å². The van der Waals surface area contributed by atoms with Crippen molar-refractivity contribution in [2.75, 3.05) is 4.90 Å². The number of benzene rings is 9. The van der Waals surface area contributed by atoms with E-state index in [2.05, 4.69) is 181 Å². The minimum absolute atomic E-state index is 0.924. The van der Waals surface area contributed by atoms with Crippen molar-refractivity contribution in [1.29, 1.82) is 0 Å². The first-order chi connectivity index (χ1) is 24.8. The van der Waals surface area contributed by atoms with Gasteiger partial charge in [-0.15, -0.1) is 0 Å². The largest absolute Gasteiger partial charge is 0.456 e. The van der Waals surface area contributed by atoms with Crippen LogP contribution in [0, 0.1) is 0 Å². The van der Waals surface area contributed by atoms with Gasteiger partial charge in [0.15, 0.2) is 0 Å². The van der Waals surface area contributed by atoms with Gasteiger partial charge in [-0.05, 0) is 97.7 Å². The van der Waals surface area contributed by atoms with Crippen LogP contribution in [0.2, 0.25) is 0 Å². The highest BCUT2D eigenvalue weighted by atomic mass is 16.3. The van der Waals surface area contributed by atoms with Gasteiger partial charge >= 0.3 is 0 Å². The summed E-state index contributed by atoms with van der Waals surface area (Å²) in [6, 6.07) is 67.6. The van der Waals surface area contributed by atoms with Crippen molar-refractivity contribution in [3.63, 3.8) is 0 Å². The molecule has 0 fully saturated rings. The first-order valence-electron chi connectivity index (χ1n) is 17.1. The maximum absolute atomic E-state index is 6.16. The highest BCUT2D eigenvalue weighted by Crippen LogP contribution is 2.43. The zero-order valence-electron chi connectivity index (χ0n) is 27.3. The van der Waals surface area contributed by atoms with Gasteiger partial charge in [-0.2, -0.15) is 0 Å². The van der Waals surface area contributed by atoms with E-state index in [1.54, 1.807) is 0 Å². The van der Waals surface area contributed by atoms with Crippen molar-refractivity contribution >= 4 is 71.3 Å². The van der Waals surface area contributed by atoms with Crippen LogP contribution >= 0.6 is 0 Å². The van der Waals surface area contributed by atoms with Gasteiger partial charge in [0, 0.05) is 27.5 Å². The SMILES string of the molecule is c1ccc(-c2cccc(N(c3ccc(-c4ccc5c(ccc6oc7ccccc7c65)c4)cc3)c3cc4ccccc4c4ccccc34)c2)cc1. The summed E-state index contributed by atoms with van der Waals surface area (Å²) >= 11 is 0. The highest BCUT2D eigenvalue weighted by molar-refractivity contribution is 6.19. The fourth-order valence-electron chi connectivity index (χ4n) is 7.64. The number of nitrogens with zero attached hydrogens (tertiary/aromatic N) is 1. The standard InChI is InChI=1S/C48H31NO/c1-2-11-32(12-3-1)34-14-10-15-39(30-34)49(45-31-36-13-4-5-16-40(36)42-17-6-7-18-43(42)45)38-25-21-33(22-26-38)35-23-27-41-37(29-35)24-28-47-48(41)44-19-8-9-20-46(44)50-47/h1-31H. The van der Waals surface area contributed by atoms with E-state index >= 15 is 0 Å². The van der Waals surface area contributed by atoms with Crippen LogP contribution in [-0.2, 0) is 0 Å². The Labute approximate surface area is 290 Å². The second-order valence-electron chi connectivity index (χ2n) is 12.9. The molecule has 0 bridgehead atoms. The zero-order chi connectivity index (χ0) is 33.0. The van der Waals surface area contributed by atoms with E-state index in [1.807, 2.05) is 12.1 Å². The Bertz CT molecular complexity index is 2870. The summed E-state index contributed by atoms with van der Waals surface area (Å²) in [6.45, 7) is 0. The van der Waals surface area contributed by atoms with Crippen molar-refractivity contribution in [2.24, 2.45) is 0 Å². The molecule has 0 radical (unpaired) electrons. The Balaban J connectivity index is 1.12. The van der Waals surface area contributed by atoms with E-state index < -0.39 is 0 Å². The summed E-state index contributed by atoms with van der Waals surface area (Å²) in [4.78, 5) is 2.41. The predicted octanol–water partition coefficient (Wildman–Crippen LogP) is 13.8. The topological polar surface area (TPSA) is 16.4 Å². The van der Waals surface area contributed by atoms with Gasteiger partial charge in [0.2, 0.25) is 0 Å². The lowest BCUT2D eigenvalue weighted by Gasteiger charge is -2.28. The molecule has 0 saturated heterocycles. The second-order valence-corrected chi connectivity index (χ2v) is 12.9. The molecular formula is C48H31NO. The Morgan fingerprint density at radius 2 is 0.960 bits per heavy atom. The molecule has 0 atom stereocenters. The van der Waals surface area contributed by atoms with Gasteiger partial charge in [-0.1, -0.05) is 140 Å². The number of rotatable bonds is 5. The van der Waals surface area contributed by atoms with Gasteiger partial charge in [0.1, 0.15) is 11.2 Å². The van der Waals surface area contributed by atoms with Crippen molar-refractivity contribution in [3.8, 4) is 22.3 Å². The molecule has 0 aliphatic rings. The van der Waals surface area contributed by atoms with Crippen molar-refractivity contribution in [3.05, 3.63) is 188 Å². The first kappa shape index (κ1) is 28.4. The van der Waals surface area contributed by atoms with Crippen molar-refractivity contribution in [2.45, 2.75) is 0 Å². The molecule has 10 aromatic rings. The summed E-state index contributed by atoms with van der Waals surface area (Å²) in [5, 5.41) is 9.69. The number of hydrogen-bond donors (Lipinski definition) is 0. The highest BCUT2D eigenvalue weighted by Gasteiger charge is 2.18. The molecule has 0 unspecified atom stereocenters. The minimum atomic E-state index is 0.924.